The number of nitrogens with zero attached hydrogens (tertiary/aromatic N) is 10. The highest BCUT2D eigenvalue weighted by molar-refractivity contribution is 8.52. The third kappa shape index (κ3) is 11.4. The van der Waals surface area contributed by atoms with Crippen LogP contribution in [0.5, 0.6) is 0 Å². The van der Waals surface area contributed by atoms with Crippen LogP contribution in [0.3, 0.4) is 0 Å². The van der Waals surface area contributed by atoms with Gasteiger partial charge >= 0.3 is 5.65 Å². The zero-order chi connectivity index (χ0) is 54.3. The lowest BCUT2D eigenvalue weighted by Crippen LogP contribution is -2.46. The number of aryl methyl sites for hydroxylation is 1. The number of methoxy groups -OCH3 is 1. The van der Waals surface area contributed by atoms with Gasteiger partial charge in [-0.1, -0.05) is 28.6 Å². The van der Waals surface area contributed by atoms with Crippen LogP contribution in [0, 0.1) is 0 Å². The number of phosphoric ester groups is 2. The SMILES string of the molecule is COC1C(OP([O-])(=S)OCC2OC(n3cnc4c(=O)[nH]c(N)nc43)C(O)C2O)C(COP(=O)([O-])OP(=S)([S-])OP(=O)([O-])OCC2OC([n+]3cn(C)c4c(=O)[nH]c(N)nc43)C(O)C2O)OC1n1cnc2c(N)ncnc21. The van der Waals surface area contributed by atoms with E-state index < -0.39 is 133 Å². The molecular formula is C32H40N15O21P4S3-3. The van der Waals surface area contributed by atoms with Crippen molar-refractivity contribution < 1.29 is 94.5 Å². The summed E-state index contributed by atoms with van der Waals surface area (Å²) in [5, 5.41) is 43.4. The monoisotopic (exact) mass is 1190 g/mol. The van der Waals surface area contributed by atoms with Crippen molar-refractivity contribution in [3.05, 3.63) is 46.0 Å². The first kappa shape index (κ1) is 55.8. The van der Waals surface area contributed by atoms with Crippen LogP contribution in [0.2, 0.25) is 0 Å². The largest absolute Gasteiger partial charge is 0.780 e. The summed E-state index contributed by atoms with van der Waals surface area (Å²) in [5.74, 6) is -0.616. The fourth-order valence-electron chi connectivity index (χ4n) is 8.26. The smallest absolute Gasteiger partial charge is 0.313 e. The van der Waals surface area contributed by atoms with E-state index in [9.17, 15) is 53.8 Å². The molecule has 43 heteroatoms. The van der Waals surface area contributed by atoms with Crippen molar-refractivity contribution in [2.45, 2.75) is 73.6 Å². The number of phosphoric acid groups is 2. The first-order valence-electron chi connectivity index (χ1n) is 21.1. The molecule has 12 N–H and O–H groups in total. The predicted octanol–water partition coefficient (Wildman–Crippen LogP) is -5.82. The lowest BCUT2D eigenvalue weighted by atomic mass is 10.1. The van der Waals surface area contributed by atoms with Gasteiger partial charge in [0, 0.05) is 7.11 Å². The van der Waals surface area contributed by atoms with Gasteiger partial charge in [-0.05, 0) is 0 Å². The first-order chi connectivity index (χ1) is 35.2. The molecule has 0 spiro atoms. The van der Waals surface area contributed by atoms with Crippen LogP contribution in [0.15, 0.2) is 34.9 Å². The average molecular weight is 1190 g/mol. The zero-order valence-electron chi connectivity index (χ0n) is 37.8. The molecule has 0 aromatic carbocycles. The second-order valence-corrected chi connectivity index (χ2v) is 27.2. The molecule has 410 valence electrons. The van der Waals surface area contributed by atoms with E-state index in [4.69, 9.17) is 94.4 Å². The van der Waals surface area contributed by atoms with Gasteiger partial charge in [0.25, 0.3) is 32.7 Å². The lowest BCUT2D eigenvalue weighted by Gasteiger charge is -2.38. The predicted molar refractivity (Wildman–Crippen MR) is 251 cm³/mol. The number of nitrogen functional groups attached to an aromatic ring is 3. The molecule has 3 aliphatic heterocycles. The average Bonchev–Trinajstić information content (AvgIpc) is 4.17. The molecule has 6 aromatic heterocycles. The Balaban J connectivity index is 0.862. The highest BCUT2D eigenvalue weighted by Gasteiger charge is 2.51. The molecule has 16 unspecified atom stereocenters. The van der Waals surface area contributed by atoms with Gasteiger partial charge in [-0.2, -0.15) is 4.98 Å². The number of ether oxygens (including phenoxy) is 4. The molecule has 0 aliphatic carbocycles. The van der Waals surface area contributed by atoms with Crippen LogP contribution in [0.4, 0.5) is 17.7 Å². The number of aliphatic hydroxyl groups excluding tert-OH is 4. The van der Waals surface area contributed by atoms with Gasteiger partial charge in [0.2, 0.25) is 17.7 Å². The van der Waals surface area contributed by atoms with Gasteiger partial charge in [0.15, 0.2) is 41.4 Å². The number of hydrogen-bond donors (Lipinski definition) is 9. The zero-order valence-corrected chi connectivity index (χ0v) is 43.8. The number of aromatic nitrogens is 12. The van der Waals surface area contributed by atoms with E-state index in [1.807, 2.05) is 0 Å². The maximum absolute atomic E-state index is 14.0. The van der Waals surface area contributed by atoms with Crippen molar-refractivity contribution in [3.63, 3.8) is 0 Å². The van der Waals surface area contributed by atoms with Crippen molar-refractivity contribution in [2.75, 3.05) is 44.1 Å². The number of nitrogens with one attached hydrogen (secondary N) is 2. The van der Waals surface area contributed by atoms with Crippen LogP contribution in [0.1, 0.15) is 18.7 Å². The number of anilines is 3. The number of nitrogens with two attached hydrogens (primary N) is 3. The maximum Gasteiger partial charge on any atom is 0.313 e. The topological polar surface area (TPSA) is 516 Å². The van der Waals surface area contributed by atoms with Crippen LogP contribution in [0.25, 0.3) is 33.5 Å². The molecule has 3 fully saturated rings. The van der Waals surface area contributed by atoms with Gasteiger partial charge < -0.3 is 102 Å². The Bertz CT molecular complexity index is 3480. The van der Waals surface area contributed by atoms with Crippen LogP contribution in [-0.4, -0.2) is 156 Å². The molecule has 36 nitrogen and oxygen atoms in total. The van der Waals surface area contributed by atoms with Crippen molar-refractivity contribution in [2.24, 2.45) is 7.05 Å². The van der Waals surface area contributed by atoms with Gasteiger partial charge in [-0.25, -0.2) is 24.5 Å². The third-order valence-electron chi connectivity index (χ3n) is 11.5. The second-order valence-electron chi connectivity index (χ2n) is 16.4. The molecule has 3 aliphatic rings. The van der Waals surface area contributed by atoms with E-state index in [1.54, 1.807) is 0 Å². The van der Waals surface area contributed by atoms with Crippen molar-refractivity contribution >= 4 is 115 Å². The molecule has 3 saturated heterocycles. The number of hydrogen-bond acceptors (Lipinski definition) is 33. The molecule has 6 aromatic rings. The summed E-state index contributed by atoms with van der Waals surface area (Å²) in [5.41, 5.74) is 10.9. The summed E-state index contributed by atoms with van der Waals surface area (Å²) in [6.07, 6.45) is -14.5. The second kappa shape index (κ2) is 21.0. The van der Waals surface area contributed by atoms with E-state index in [2.05, 4.69) is 44.2 Å². The fourth-order valence-corrected chi connectivity index (χ4v) is 16.0. The normalized spacial score (nSPS) is 30.5. The molecule has 0 radical (unpaired) electrons. The summed E-state index contributed by atoms with van der Waals surface area (Å²) in [7, 11) is -8.97. The van der Waals surface area contributed by atoms with Crippen LogP contribution in [-0.2, 0) is 97.7 Å². The molecule has 16 atom stereocenters. The molecular weight excluding hydrogens is 1150 g/mol. The summed E-state index contributed by atoms with van der Waals surface area (Å²) in [6.45, 7) is -7.83. The fraction of sp³-hybridized carbons (Fsp3) is 0.531. The van der Waals surface area contributed by atoms with E-state index in [1.165, 1.54) is 28.8 Å². The molecule has 75 heavy (non-hydrogen) atoms. The minimum Gasteiger partial charge on any atom is -0.780 e. The highest BCUT2D eigenvalue weighted by Crippen LogP contribution is 2.67. The number of imidazole rings is 3. The van der Waals surface area contributed by atoms with Gasteiger partial charge in [0.05, 0.1) is 45.2 Å². The summed E-state index contributed by atoms with van der Waals surface area (Å²) in [6, 6.07) is 0. The molecule has 0 bridgehead atoms. The number of rotatable bonds is 19. The molecule has 9 rings (SSSR count). The Kier molecular flexibility index (Phi) is 15.7. The Labute approximate surface area is 432 Å². The Morgan fingerprint density at radius 3 is 2.01 bits per heavy atom. The van der Waals surface area contributed by atoms with Crippen molar-refractivity contribution in [3.8, 4) is 0 Å². The van der Waals surface area contributed by atoms with Gasteiger partial charge in [-0.15, -0.1) is 0 Å². The van der Waals surface area contributed by atoms with Crippen molar-refractivity contribution in [1.82, 2.24) is 53.6 Å². The first-order valence-corrected chi connectivity index (χ1v) is 30.2. The van der Waals surface area contributed by atoms with Crippen LogP contribution < -0.4 is 47.6 Å². The van der Waals surface area contributed by atoms with Crippen molar-refractivity contribution in [1.29, 1.82) is 0 Å². The van der Waals surface area contributed by atoms with E-state index in [0.29, 0.717) is 0 Å². The quantitative estimate of drug-likeness (QED) is 0.0207. The Hall–Kier alpha value is -3.92. The Morgan fingerprint density at radius 1 is 0.760 bits per heavy atom. The summed E-state index contributed by atoms with van der Waals surface area (Å²) >= 11 is 15.0. The summed E-state index contributed by atoms with van der Waals surface area (Å²) in [4.78, 5) is 93.9. The molecule has 0 saturated carbocycles. The maximum atomic E-state index is 14.0. The van der Waals surface area contributed by atoms with Crippen LogP contribution >= 0.6 is 28.1 Å². The van der Waals surface area contributed by atoms with E-state index >= 15 is 0 Å². The minimum absolute atomic E-state index is 0.00594. The summed E-state index contributed by atoms with van der Waals surface area (Å²) < 4.78 is 84.8. The molecule has 9 heterocycles. The van der Waals surface area contributed by atoms with Gasteiger partial charge in [0.1, 0.15) is 73.5 Å². The lowest BCUT2D eigenvalue weighted by molar-refractivity contribution is -0.745. The standard InChI is InChI=1S/C32H43N15O21P4S3/c1-44-9-47(25-15(44)27(53)43-32(35)41-25)29-19(51)16(48)10(64-29)3-60-69(54,55)67-72(74,75)68-70(56,57)61-5-12-20(21(59-2)30(65-12)45-7-38-13-22(33)36-6-37-23(13)45)66-71(58,73)62-4-11-17(49)18(50)28(63-11)46-8-39-14-24(46)40-31(34)42-26(14)52/h6-12,16-21,28-30,48-51H,3-5H2,1-2H3,(H11-,33,34,35,36,37,40,41,42,43,52,53,54,55,56,57,58,73,74,75)/p-3. The number of H-pyrrole nitrogens is 2. The minimum atomic E-state index is -5.85. The van der Waals surface area contributed by atoms with E-state index in [-0.39, 0.29) is 51.2 Å². The van der Waals surface area contributed by atoms with Gasteiger partial charge in [-0.3, -0.25) is 51.0 Å². The molecule has 0 amide bonds. The number of aromatic amines is 2. The Morgan fingerprint density at radius 2 is 1.33 bits per heavy atom. The number of aliphatic hydroxyl groups is 4. The van der Waals surface area contributed by atoms with E-state index in [0.717, 1.165) is 28.9 Å². The number of fused-ring (bicyclic) bond motifs is 3. The third-order valence-corrected chi connectivity index (χ3v) is 19.6. The highest BCUT2D eigenvalue weighted by atomic mass is 32.9.